The quantitative estimate of drug-likeness (QED) is 0.181. The second-order valence-electron chi connectivity index (χ2n) is 6.98. The van der Waals surface area contributed by atoms with Crippen molar-refractivity contribution in [3.63, 3.8) is 0 Å². The molecule has 0 amide bonds. The van der Waals surface area contributed by atoms with Crippen molar-refractivity contribution in [2.45, 2.75) is 12.3 Å². The molecule has 13 nitrogen and oxygen atoms in total. The molecule has 3 aromatic heterocycles. The fraction of sp³-hybridized carbons (Fsp3) is 0.190. The maximum absolute atomic E-state index is 8.49. The molecule has 0 N–H and O–H groups in total. The van der Waals surface area contributed by atoms with Gasteiger partial charge in [0.05, 0.1) is 24.5 Å². The predicted molar refractivity (Wildman–Crippen MR) is 105 cm³/mol. The monoisotopic (exact) mass is 604 g/mol. The van der Waals surface area contributed by atoms with Gasteiger partial charge in [0, 0.05) is 42.1 Å². The molecule has 0 bridgehead atoms. The minimum Gasteiger partial charge on any atom is -0.290 e. The average Bonchev–Trinajstić information content (AvgIpc) is 2.79. The molecule has 0 aliphatic rings. The number of halogens is 2. The number of aliphatic imine (C=N–C) groups is 2. The zero-order chi connectivity index (χ0) is 27.1. The van der Waals surface area contributed by atoms with Gasteiger partial charge in [-0.3, -0.25) is 24.9 Å². The fourth-order valence-corrected chi connectivity index (χ4v) is 2.52. The average molecular weight is 606 g/mol. The van der Waals surface area contributed by atoms with E-state index in [1.54, 1.807) is 31.0 Å². The Kier molecular flexibility index (Phi) is 16.0. The molecule has 3 aromatic rings. The third kappa shape index (κ3) is 19.4. The summed E-state index contributed by atoms with van der Waals surface area (Å²) < 4.78 is 67.9. The number of rotatable bonds is 7. The van der Waals surface area contributed by atoms with Crippen LogP contribution < -0.4 is 37.3 Å². The van der Waals surface area contributed by atoms with Crippen molar-refractivity contribution in [2.75, 3.05) is 13.1 Å². The summed E-state index contributed by atoms with van der Waals surface area (Å²) in [7, 11) is -9.89. The zero-order valence-corrected chi connectivity index (χ0v) is 21.5. The summed E-state index contributed by atoms with van der Waals surface area (Å²) in [6.07, 6.45) is 8.92. The van der Waals surface area contributed by atoms with E-state index in [1.165, 1.54) is 0 Å². The van der Waals surface area contributed by atoms with Crippen LogP contribution in [0.1, 0.15) is 24.0 Å². The SMILES string of the molecule is CC(CN=Cc1ccccn1)(CN=Cc1ccccn1)c1ccccn1.[Cu+2].[O-][Cl+3]([O-])([O-])[O-].[O-][Cl+3]([O-])([O-])[O-]. The van der Waals surface area contributed by atoms with Crippen LogP contribution in [0, 0.1) is 20.5 Å². The second-order valence-corrected chi connectivity index (χ2v) is 8.49. The summed E-state index contributed by atoms with van der Waals surface area (Å²) >= 11 is 0. The van der Waals surface area contributed by atoms with Crippen LogP contribution >= 0.6 is 0 Å². The molecule has 3 rings (SSSR count). The number of nitrogens with zero attached hydrogens (tertiary/aromatic N) is 5. The van der Waals surface area contributed by atoms with Crippen LogP contribution in [0.2, 0.25) is 0 Å². The normalized spacial score (nSPS) is 13.0. The number of hydrogen-bond acceptors (Lipinski definition) is 13. The minimum absolute atomic E-state index is 0. The summed E-state index contributed by atoms with van der Waals surface area (Å²) in [6, 6.07) is 17.5. The third-order valence-corrected chi connectivity index (χ3v) is 3.99. The standard InChI is InChI=1S/C21H21N5.2ClHO4.Cu/c1-21(20-10-4-7-13-26-20,16-22-14-18-8-2-5-11-24-18)17-23-15-19-9-3-6-12-25-19;2*2-1(3,4)5;/h2-15H,16-17H2,1H3;2*(H,2,3,4,5);/q;;;+2/p-2. The number of pyridine rings is 3. The molecule has 203 valence electrons. The first-order chi connectivity index (χ1) is 16.8. The number of hydrogen-bond donors (Lipinski definition) is 0. The van der Waals surface area contributed by atoms with Crippen molar-refractivity contribution < 1.29 is 74.8 Å². The molecule has 0 aliphatic carbocycles. The maximum atomic E-state index is 8.49. The summed E-state index contributed by atoms with van der Waals surface area (Å²) in [4.78, 5) is 22.3. The smallest absolute Gasteiger partial charge is 0.290 e. The van der Waals surface area contributed by atoms with Gasteiger partial charge in [0.2, 0.25) is 0 Å². The molecule has 0 spiro atoms. The molecule has 1 radical (unpaired) electrons. The third-order valence-electron chi connectivity index (χ3n) is 3.99. The van der Waals surface area contributed by atoms with E-state index in [-0.39, 0.29) is 22.5 Å². The first-order valence-electron chi connectivity index (χ1n) is 9.73. The van der Waals surface area contributed by atoms with Gasteiger partial charge >= 0.3 is 17.1 Å². The molecule has 37 heavy (non-hydrogen) atoms. The van der Waals surface area contributed by atoms with E-state index >= 15 is 0 Å². The van der Waals surface area contributed by atoms with Crippen LogP contribution in [0.15, 0.2) is 83.2 Å². The molecule has 0 fully saturated rings. The molecule has 16 heteroatoms. The van der Waals surface area contributed by atoms with E-state index in [4.69, 9.17) is 37.3 Å². The van der Waals surface area contributed by atoms with E-state index in [0.29, 0.717) is 13.1 Å². The van der Waals surface area contributed by atoms with Gasteiger partial charge in [0.1, 0.15) is 0 Å². The van der Waals surface area contributed by atoms with Crippen molar-refractivity contribution >= 4 is 12.4 Å². The topological polar surface area (TPSA) is 248 Å². The Balaban J connectivity index is 0.00000101. The molecule has 0 aromatic carbocycles. The van der Waals surface area contributed by atoms with E-state index in [2.05, 4.69) is 31.9 Å². The Morgan fingerprint density at radius 2 is 1.00 bits per heavy atom. The first-order valence-corrected chi connectivity index (χ1v) is 12.2. The Bertz CT molecular complexity index is 982. The minimum atomic E-state index is -4.94. The predicted octanol–water partition coefficient (Wildman–Crippen LogP) is -6.15. The van der Waals surface area contributed by atoms with Gasteiger partial charge in [0.15, 0.2) is 0 Å². The largest absolute Gasteiger partial charge is 2.00 e. The van der Waals surface area contributed by atoms with Gasteiger partial charge in [-0.1, -0.05) is 25.1 Å². The van der Waals surface area contributed by atoms with E-state index in [1.807, 2.05) is 54.6 Å². The molecule has 3 heterocycles. The maximum Gasteiger partial charge on any atom is 2.00 e. The van der Waals surface area contributed by atoms with Crippen LogP contribution in [0.5, 0.6) is 0 Å². The molecular weight excluding hydrogens is 585 g/mol. The summed E-state index contributed by atoms with van der Waals surface area (Å²) in [5.74, 6) is 0. The van der Waals surface area contributed by atoms with Gasteiger partial charge in [-0.2, -0.15) is 0 Å². The van der Waals surface area contributed by atoms with Crippen molar-refractivity contribution in [1.29, 1.82) is 0 Å². The molecule has 0 unspecified atom stereocenters. The van der Waals surface area contributed by atoms with Gasteiger partial charge in [-0.05, 0) is 36.4 Å². The molecule has 0 saturated heterocycles. The van der Waals surface area contributed by atoms with Crippen molar-refractivity contribution in [2.24, 2.45) is 9.98 Å². The zero-order valence-electron chi connectivity index (χ0n) is 19.1. The van der Waals surface area contributed by atoms with Gasteiger partial charge in [-0.25, -0.2) is 37.3 Å². The second kappa shape index (κ2) is 17.1. The molecular formula is C21H21Cl2CuN5O8. The summed E-state index contributed by atoms with van der Waals surface area (Å²) in [6.45, 7) is 3.27. The Morgan fingerprint density at radius 1 is 0.649 bits per heavy atom. The molecule has 0 atom stereocenters. The van der Waals surface area contributed by atoms with Crippen molar-refractivity contribution in [3.05, 3.63) is 90.3 Å². The molecule has 0 saturated carbocycles. The Hall–Kier alpha value is -2.43. The Morgan fingerprint density at radius 3 is 1.30 bits per heavy atom. The van der Waals surface area contributed by atoms with Crippen LogP contribution in [-0.4, -0.2) is 40.5 Å². The van der Waals surface area contributed by atoms with Gasteiger partial charge in [0.25, 0.3) is 0 Å². The van der Waals surface area contributed by atoms with Crippen LogP contribution in [0.25, 0.3) is 0 Å². The van der Waals surface area contributed by atoms with Crippen LogP contribution in [-0.2, 0) is 22.5 Å². The number of aromatic nitrogens is 3. The summed E-state index contributed by atoms with van der Waals surface area (Å²) in [5, 5.41) is 0. The van der Waals surface area contributed by atoms with E-state index in [9.17, 15) is 0 Å². The van der Waals surface area contributed by atoms with Crippen LogP contribution in [0.3, 0.4) is 0 Å². The van der Waals surface area contributed by atoms with E-state index in [0.717, 1.165) is 17.1 Å². The van der Waals surface area contributed by atoms with Crippen molar-refractivity contribution in [3.8, 4) is 0 Å². The van der Waals surface area contributed by atoms with Crippen LogP contribution in [0.4, 0.5) is 0 Å². The fourth-order valence-electron chi connectivity index (χ4n) is 2.52. The first kappa shape index (κ1) is 34.6. The Labute approximate surface area is 227 Å². The van der Waals surface area contributed by atoms with Gasteiger partial charge in [-0.15, -0.1) is 20.5 Å². The van der Waals surface area contributed by atoms with Crippen molar-refractivity contribution in [1.82, 2.24) is 15.0 Å². The molecule has 0 aliphatic heterocycles. The van der Waals surface area contributed by atoms with E-state index < -0.39 is 20.5 Å². The summed E-state index contributed by atoms with van der Waals surface area (Å²) in [5.41, 5.74) is 2.34. The van der Waals surface area contributed by atoms with Gasteiger partial charge < -0.3 is 0 Å².